The summed E-state index contributed by atoms with van der Waals surface area (Å²) in [5, 5.41) is 0. The van der Waals surface area contributed by atoms with E-state index in [-0.39, 0.29) is 6.54 Å². The molecule has 1 aliphatic rings. The molecule has 10 heavy (non-hydrogen) atoms. The van der Waals surface area contributed by atoms with Gasteiger partial charge in [0.1, 0.15) is 0 Å². The maximum atomic E-state index is 10.4. The van der Waals surface area contributed by atoms with Crippen molar-refractivity contribution in [2.45, 2.75) is 0 Å². The van der Waals surface area contributed by atoms with Gasteiger partial charge in [-0.3, -0.25) is 8.86 Å². The summed E-state index contributed by atoms with van der Waals surface area (Å²) in [6, 6.07) is 0. The molecule has 1 aliphatic heterocycles. The van der Waals surface area contributed by atoms with E-state index in [2.05, 4.69) is 0 Å². The highest BCUT2D eigenvalue weighted by Crippen LogP contribution is 2.02. The van der Waals surface area contributed by atoms with Gasteiger partial charge in [-0.05, 0) is 6.08 Å². The molecular formula is C5H7NO3S. The van der Waals surface area contributed by atoms with Crippen molar-refractivity contribution in [2.75, 3.05) is 6.54 Å². The Morgan fingerprint density at radius 2 is 2.10 bits per heavy atom. The van der Waals surface area contributed by atoms with Crippen LogP contribution in [0.1, 0.15) is 0 Å². The fourth-order valence-corrected chi connectivity index (χ4v) is 1.12. The van der Waals surface area contributed by atoms with Crippen LogP contribution in [0.3, 0.4) is 0 Å². The molecule has 0 saturated carbocycles. The van der Waals surface area contributed by atoms with Crippen LogP contribution in [0.15, 0.2) is 24.4 Å². The Labute approximate surface area is 59.3 Å². The van der Waals surface area contributed by atoms with Crippen molar-refractivity contribution in [1.82, 2.24) is 4.31 Å². The Morgan fingerprint density at radius 1 is 1.40 bits per heavy atom. The monoisotopic (exact) mass is 161 g/mol. The second-order valence-electron chi connectivity index (χ2n) is 1.82. The van der Waals surface area contributed by atoms with Crippen molar-refractivity contribution in [3.8, 4) is 0 Å². The first-order valence-electron chi connectivity index (χ1n) is 2.68. The van der Waals surface area contributed by atoms with E-state index >= 15 is 0 Å². The number of hydrogen-bond donors (Lipinski definition) is 1. The SMILES string of the molecule is O=S(=O)(O)N1C=CC=CC1. The van der Waals surface area contributed by atoms with Gasteiger partial charge in [-0.25, -0.2) is 0 Å². The minimum Gasteiger partial charge on any atom is -0.269 e. The molecular weight excluding hydrogens is 154 g/mol. The highest BCUT2D eigenvalue weighted by molar-refractivity contribution is 7.83. The molecule has 0 aromatic rings. The molecule has 0 radical (unpaired) electrons. The lowest BCUT2D eigenvalue weighted by molar-refractivity contribution is 0.417. The van der Waals surface area contributed by atoms with Crippen LogP contribution >= 0.6 is 0 Å². The van der Waals surface area contributed by atoms with Gasteiger partial charge >= 0.3 is 10.3 Å². The molecule has 0 fully saturated rings. The van der Waals surface area contributed by atoms with Gasteiger partial charge in [0.2, 0.25) is 0 Å². The molecule has 0 spiro atoms. The van der Waals surface area contributed by atoms with Gasteiger partial charge in [0, 0.05) is 6.20 Å². The van der Waals surface area contributed by atoms with E-state index < -0.39 is 10.3 Å². The second kappa shape index (κ2) is 2.43. The highest BCUT2D eigenvalue weighted by Gasteiger charge is 2.12. The Bertz CT molecular complexity index is 265. The van der Waals surface area contributed by atoms with Crippen molar-refractivity contribution < 1.29 is 13.0 Å². The summed E-state index contributed by atoms with van der Waals surface area (Å²) in [5.41, 5.74) is 0. The van der Waals surface area contributed by atoms with E-state index in [1.54, 1.807) is 12.2 Å². The van der Waals surface area contributed by atoms with E-state index in [0.717, 1.165) is 4.31 Å². The van der Waals surface area contributed by atoms with E-state index in [1.807, 2.05) is 0 Å². The molecule has 0 atom stereocenters. The van der Waals surface area contributed by atoms with Gasteiger partial charge in [0.15, 0.2) is 0 Å². The van der Waals surface area contributed by atoms with E-state index in [4.69, 9.17) is 4.55 Å². The number of hydrogen-bond acceptors (Lipinski definition) is 2. The van der Waals surface area contributed by atoms with Crippen LogP contribution in [0, 0.1) is 0 Å². The predicted octanol–water partition coefficient (Wildman–Crippen LogP) is 0.175. The van der Waals surface area contributed by atoms with Gasteiger partial charge in [0.05, 0.1) is 6.54 Å². The highest BCUT2D eigenvalue weighted by atomic mass is 32.2. The average Bonchev–Trinajstić information content (AvgIpc) is 1.88. The fraction of sp³-hybridized carbons (Fsp3) is 0.200. The van der Waals surface area contributed by atoms with Gasteiger partial charge in [0.25, 0.3) is 0 Å². The lowest BCUT2D eigenvalue weighted by Crippen LogP contribution is -2.26. The molecule has 56 valence electrons. The summed E-state index contributed by atoms with van der Waals surface area (Å²) >= 11 is 0. The summed E-state index contributed by atoms with van der Waals surface area (Å²) in [6.07, 6.45) is 6.18. The van der Waals surface area contributed by atoms with Crippen LogP contribution < -0.4 is 0 Å². The molecule has 4 nitrogen and oxygen atoms in total. The third kappa shape index (κ3) is 1.58. The average molecular weight is 161 g/mol. The summed E-state index contributed by atoms with van der Waals surface area (Å²) in [6.45, 7) is 0.204. The van der Waals surface area contributed by atoms with E-state index in [9.17, 15) is 8.42 Å². The lowest BCUT2D eigenvalue weighted by atomic mass is 10.4. The molecule has 1 heterocycles. The minimum atomic E-state index is -4.03. The van der Waals surface area contributed by atoms with Gasteiger partial charge in [-0.1, -0.05) is 12.2 Å². The van der Waals surface area contributed by atoms with E-state index in [1.165, 1.54) is 12.3 Å². The third-order valence-corrected chi connectivity index (χ3v) is 1.94. The zero-order valence-corrected chi connectivity index (χ0v) is 5.95. The summed E-state index contributed by atoms with van der Waals surface area (Å²) in [5.74, 6) is 0. The molecule has 0 saturated heterocycles. The van der Waals surface area contributed by atoms with Gasteiger partial charge < -0.3 is 0 Å². The van der Waals surface area contributed by atoms with E-state index in [0.29, 0.717) is 0 Å². The summed E-state index contributed by atoms with van der Waals surface area (Å²) < 4.78 is 30.1. The first-order valence-corrected chi connectivity index (χ1v) is 4.08. The molecule has 1 rings (SSSR count). The van der Waals surface area contributed by atoms with Gasteiger partial charge in [-0.2, -0.15) is 8.42 Å². The van der Waals surface area contributed by atoms with Crippen molar-refractivity contribution in [1.29, 1.82) is 0 Å². The van der Waals surface area contributed by atoms with Crippen LogP contribution in [0.2, 0.25) is 0 Å². The smallest absolute Gasteiger partial charge is 0.269 e. The van der Waals surface area contributed by atoms with Crippen LogP contribution in [0.5, 0.6) is 0 Å². The minimum absolute atomic E-state index is 0.204. The number of rotatable bonds is 1. The molecule has 0 bridgehead atoms. The molecule has 0 aromatic heterocycles. The normalized spacial score (nSPS) is 17.9. The topological polar surface area (TPSA) is 57.6 Å². The Hall–Kier alpha value is -0.810. The van der Waals surface area contributed by atoms with Gasteiger partial charge in [-0.15, -0.1) is 0 Å². The maximum absolute atomic E-state index is 10.4. The zero-order valence-electron chi connectivity index (χ0n) is 5.14. The zero-order chi connectivity index (χ0) is 7.61. The summed E-state index contributed by atoms with van der Waals surface area (Å²) in [7, 11) is -4.03. The Morgan fingerprint density at radius 3 is 2.40 bits per heavy atom. The van der Waals surface area contributed by atoms with Crippen molar-refractivity contribution in [3.63, 3.8) is 0 Å². The first-order chi connectivity index (χ1) is 4.61. The number of allylic oxidation sites excluding steroid dienone is 2. The Kier molecular flexibility index (Phi) is 1.78. The third-order valence-electron chi connectivity index (χ3n) is 1.08. The maximum Gasteiger partial charge on any atom is 0.359 e. The molecule has 5 heteroatoms. The predicted molar refractivity (Wildman–Crippen MR) is 36.5 cm³/mol. The quantitative estimate of drug-likeness (QED) is 0.558. The number of nitrogens with zero attached hydrogens (tertiary/aromatic N) is 1. The Balaban J connectivity index is 2.79. The molecule has 0 aromatic carbocycles. The fourth-order valence-electron chi connectivity index (χ4n) is 0.621. The van der Waals surface area contributed by atoms with Crippen molar-refractivity contribution in [3.05, 3.63) is 24.4 Å². The summed E-state index contributed by atoms with van der Waals surface area (Å²) in [4.78, 5) is 0. The molecule has 0 aliphatic carbocycles. The van der Waals surface area contributed by atoms with Crippen LogP contribution in [0.4, 0.5) is 0 Å². The van der Waals surface area contributed by atoms with Crippen LogP contribution in [0.25, 0.3) is 0 Å². The van der Waals surface area contributed by atoms with Crippen LogP contribution in [-0.4, -0.2) is 23.8 Å². The first kappa shape index (κ1) is 7.30. The largest absolute Gasteiger partial charge is 0.359 e. The molecule has 0 unspecified atom stereocenters. The second-order valence-corrected chi connectivity index (χ2v) is 3.18. The lowest BCUT2D eigenvalue weighted by Gasteiger charge is -2.14. The molecule has 1 N–H and O–H groups in total. The molecule has 0 amide bonds. The standard InChI is InChI=1S/C5H7NO3S/c7-10(8,9)6-4-2-1-3-5-6/h1-4H,5H2,(H,7,8,9). The van der Waals surface area contributed by atoms with Crippen molar-refractivity contribution in [2.24, 2.45) is 0 Å². The van der Waals surface area contributed by atoms with Crippen molar-refractivity contribution >= 4 is 10.3 Å². The van der Waals surface area contributed by atoms with Crippen LogP contribution in [-0.2, 0) is 10.3 Å².